The van der Waals surface area contributed by atoms with Crippen LogP contribution in [-0.2, 0) is 0 Å². The van der Waals surface area contributed by atoms with Gasteiger partial charge in [-0.15, -0.1) is 0 Å². The molecular weight excluding hydrogens is 272 g/mol. The number of carbonyl (C=O) groups excluding carboxylic acids is 1. The van der Waals surface area contributed by atoms with Crippen LogP contribution in [0.2, 0.25) is 0 Å². The van der Waals surface area contributed by atoms with Crippen LogP contribution in [0.15, 0.2) is 48.5 Å². The number of nitro groups is 1. The minimum Gasteiger partial charge on any atom is -0.543 e. The van der Waals surface area contributed by atoms with Gasteiger partial charge in [-0.25, -0.2) is 0 Å². The number of carboxylic acid groups (broad SMARTS) is 1. The molecule has 1 heterocycles. The van der Waals surface area contributed by atoms with E-state index in [1.54, 1.807) is 30.3 Å². The summed E-state index contributed by atoms with van der Waals surface area (Å²) in [4.78, 5) is 24.4. The highest BCUT2D eigenvalue weighted by Crippen LogP contribution is 2.34. The van der Waals surface area contributed by atoms with Crippen LogP contribution in [0.4, 0.5) is 5.69 Å². The maximum absolute atomic E-state index is 11.3. The molecule has 0 saturated carbocycles. The van der Waals surface area contributed by atoms with Crippen molar-refractivity contribution in [2.75, 3.05) is 0 Å². The number of nitro benzene ring substituents is 1. The Labute approximate surface area is 118 Å². The first-order valence-corrected chi connectivity index (χ1v) is 6.15. The molecule has 1 aromatic heterocycles. The Kier molecular flexibility index (Phi) is 2.91. The second kappa shape index (κ2) is 4.75. The molecule has 6 nitrogen and oxygen atoms in total. The van der Waals surface area contributed by atoms with Crippen LogP contribution in [0.1, 0.15) is 10.5 Å². The number of hydrogen-bond acceptors (Lipinski definition) is 4. The zero-order chi connectivity index (χ0) is 15.0. The zero-order valence-electron chi connectivity index (χ0n) is 10.7. The average molecular weight is 281 g/mol. The number of aromatic amines is 1. The van der Waals surface area contributed by atoms with Crippen molar-refractivity contribution in [3.63, 3.8) is 0 Å². The molecule has 3 rings (SSSR count). The lowest BCUT2D eigenvalue weighted by atomic mass is 10.0. The summed E-state index contributed by atoms with van der Waals surface area (Å²) in [5, 5.41) is 22.7. The Morgan fingerprint density at radius 1 is 1.10 bits per heavy atom. The number of nitrogens with zero attached hydrogens (tertiary/aromatic N) is 1. The standard InChI is InChI=1S/C15H10N2O4/c18-15(19)14-13(9-4-2-1-3-5-9)11-8-10(17(20)21)6-7-12(11)16-14/h1-8,16H,(H,18,19)/p-1. The molecule has 1 N–H and O–H groups in total. The van der Waals surface area contributed by atoms with Gasteiger partial charge in [-0.3, -0.25) is 10.1 Å². The summed E-state index contributed by atoms with van der Waals surface area (Å²) in [6, 6.07) is 13.0. The van der Waals surface area contributed by atoms with Crippen LogP contribution < -0.4 is 5.11 Å². The maximum Gasteiger partial charge on any atom is 0.270 e. The molecule has 0 radical (unpaired) electrons. The first-order valence-electron chi connectivity index (χ1n) is 6.15. The van der Waals surface area contributed by atoms with Crippen LogP contribution in [0.25, 0.3) is 22.0 Å². The summed E-state index contributed by atoms with van der Waals surface area (Å²) in [5.74, 6) is -1.35. The molecule has 104 valence electrons. The highest BCUT2D eigenvalue weighted by atomic mass is 16.6. The maximum atomic E-state index is 11.3. The molecule has 0 unspecified atom stereocenters. The molecule has 0 spiro atoms. The molecule has 2 aromatic carbocycles. The fourth-order valence-electron chi connectivity index (χ4n) is 2.35. The summed E-state index contributed by atoms with van der Waals surface area (Å²) >= 11 is 0. The van der Waals surface area contributed by atoms with E-state index in [0.717, 1.165) is 0 Å². The molecule has 6 heteroatoms. The van der Waals surface area contributed by atoms with Gasteiger partial charge in [0, 0.05) is 28.6 Å². The fourth-order valence-corrected chi connectivity index (χ4v) is 2.35. The first-order chi connectivity index (χ1) is 10.1. The number of fused-ring (bicyclic) bond motifs is 1. The van der Waals surface area contributed by atoms with Crippen molar-refractivity contribution >= 4 is 22.6 Å². The van der Waals surface area contributed by atoms with Crippen LogP contribution >= 0.6 is 0 Å². The number of rotatable bonds is 3. The van der Waals surface area contributed by atoms with E-state index in [4.69, 9.17) is 0 Å². The molecular formula is C15H9N2O4-. The van der Waals surface area contributed by atoms with Gasteiger partial charge in [0.1, 0.15) is 0 Å². The highest BCUT2D eigenvalue weighted by molar-refractivity contribution is 6.07. The Hall–Kier alpha value is -3.15. The topological polar surface area (TPSA) is 99.1 Å². The number of benzene rings is 2. The fraction of sp³-hybridized carbons (Fsp3) is 0. The first kappa shape index (κ1) is 12.9. The van der Waals surface area contributed by atoms with E-state index in [0.29, 0.717) is 22.0 Å². The van der Waals surface area contributed by atoms with Crippen molar-refractivity contribution in [3.8, 4) is 11.1 Å². The molecule has 3 aromatic rings. The Balaban J connectivity index is 2.37. The number of aromatic nitrogens is 1. The third-order valence-electron chi connectivity index (χ3n) is 3.26. The summed E-state index contributed by atoms with van der Waals surface area (Å²) in [7, 11) is 0. The van der Waals surface area contributed by atoms with Crippen molar-refractivity contribution in [3.05, 3.63) is 64.3 Å². The third kappa shape index (κ3) is 2.12. The van der Waals surface area contributed by atoms with Gasteiger partial charge in [-0.05, 0) is 11.6 Å². The lowest BCUT2D eigenvalue weighted by Gasteiger charge is -2.05. The summed E-state index contributed by atoms with van der Waals surface area (Å²) in [6.45, 7) is 0. The zero-order valence-corrected chi connectivity index (χ0v) is 10.7. The predicted octanol–water partition coefficient (Wildman–Crippen LogP) is 2.11. The van der Waals surface area contributed by atoms with Gasteiger partial charge in [-0.2, -0.15) is 0 Å². The van der Waals surface area contributed by atoms with Crippen molar-refractivity contribution in [1.82, 2.24) is 4.98 Å². The Morgan fingerprint density at radius 2 is 1.81 bits per heavy atom. The molecule has 21 heavy (non-hydrogen) atoms. The molecule has 0 aliphatic rings. The van der Waals surface area contributed by atoms with Gasteiger partial charge in [0.25, 0.3) is 5.69 Å². The summed E-state index contributed by atoms with van der Waals surface area (Å²) < 4.78 is 0. The van der Waals surface area contributed by atoms with Gasteiger partial charge < -0.3 is 14.9 Å². The van der Waals surface area contributed by atoms with E-state index in [9.17, 15) is 20.0 Å². The number of H-pyrrole nitrogens is 1. The van der Waals surface area contributed by atoms with Gasteiger partial charge in [0.2, 0.25) is 0 Å². The average Bonchev–Trinajstić information content (AvgIpc) is 2.86. The summed E-state index contributed by atoms with van der Waals surface area (Å²) in [5.41, 5.74) is 1.39. The lowest BCUT2D eigenvalue weighted by Crippen LogP contribution is -2.23. The number of hydrogen-bond donors (Lipinski definition) is 1. The molecule has 0 saturated heterocycles. The Morgan fingerprint density at radius 3 is 2.43 bits per heavy atom. The van der Waals surface area contributed by atoms with E-state index in [1.165, 1.54) is 18.2 Å². The molecule has 0 aliphatic carbocycles. The van der Waals surface area contributed by atoms with Gasteiger partial charge in [-0.1, -0.05) is 30.3 Å². The van der Waals surface area contributed by atoms with Crippen molar-refractivity contribution in [2.45, 2.75) is 0 Å². The molecule has 0 fully saturated rings. The monoisotopic (exact) mass is 281 g/mol. The number of carbonyl (C=O) groups is 1. The SMILES string of the molecule is O=C([O-])c1[nH]c2ccc([N+](=O)[O-])cc2c1-c1ccccc1. The lowest BCUT2D eigenvalue weighted by molar-refractivity contribution is -0.384. The van der Waals surface area contributed by atoms with Gasteiger partial charge >= 0.3 is 0 Å². The minimum absolute atomic E-state index is 0.0864. The van der Waals surface area contributed by atoms with Crippen LogP contribution in [0, 0.1) is 10.1 Å². The number of carboxylic acids is 1. The van der Waals surface area contributed by atoms with Crippen LogP contribution in [0.5, 0.6) is 0 Å². The minimum atomic E-state index is -1.35. The normalized spacial score (nSPS) is 10.7. The molecule has 0 bridgehead atoms. The number of nitrogens with one attached hydrogen (secondary N) is 1. The molecule has 0 atom stereocenters. The molecule has 0 aliphatic heterocycles. The van der Waals surface area contributed by atoms with Crippen LogP contribution in [-0.4, -0.2) is 15.9 Å². The number of aromatic carboxylic acids is 1. The van der Waals surface area contributed by atoms with Gasteiger partial charge in [0.15, 0.2) is 0 Å². The summed E-state index contributed by atoms with van der Waals surface area (Å²) in [6.07, 6.45) is 0. The molecule has 0 amide bonds. The van der Waals surface area contributed by atoms with E-state index >= 15 is 0 Å². The van der Waals surface area contributed by atoms with E-state index in [2.05, 4.69) is 4.98 Å². The number of non-ortho nitro benzene ring substituents is 1. The predicted molar refractivity (Wildman–Crippen MR) is 74.7 cm³/mol. The van der Waals surface area contributed by atoms with Crippen molar-refractivity contribution in [1.29, 1.82) is 0 Å². The highest BCUT2D eigenvalue weighted by Gasteiger charge is 2.17. The van der Waals surface area contributed by atoms with E-state index in [1.807, 2.05) is 0 Å². The largest absolute Gasteiger partial charge is 0.543 e. The third-order valence-corrected chi connectivity index (χ3v) is 3.26. The second-order valence-corrected chi connectivity index (χ2v) is 4.52. The van der Waals surface area contributed by atoms with E-state index < -0.39 is 10.9 Å². The quantitative estimate of drug-likeness (QED) is 0.587. The second-order valence-electron chi connectivity index (χ2n) is 4.52. The van der Waals surface area contributed by atoms with Crippen molar-refractivity contribution < 1.29 is 14.8 Å². The Bertz CT molecular complexity index is 853. The van der Waals surface area contributed by atoms with Crippen molar-refractivity contribution in [2.24, 2.45) is 0 Å². The van der Waals surface area contributed by atoms with Crippen LogP contribution in [0.3, 0.4) is 0 Å². The van der Waals surface area contributed by atoms with Gasteiger partial charge in [0.05, 0.1) is 16.6 Å². The smallest absolute Gasteiger partial charge is 0.270 e. The van der Waals surface area contributed by atoms with E-state index in [-0.39, 0.29) is 11.4 Å².